The van der Waals surface area contributed by atoms with Crippen molar-refractivity contribution in [2.45, 2.75) is 46.1 Å². The topological polar surface area (TPSA) is 25.2 Å². The van der Waals surface area contributed by atoms with Crippen LogP contribution < -0.4 is 0 Å². The monoisotopic (exact) mass is 255 g/mol. The summed E-state index contributed by atoms with van der Waals surface area (Å²) in [6, 6.07) is 8.79. The van der Waals surface area contributed by atoms with Gasteiger partial charge in [0.05, 0.1) is 6.10 Å². The molecule has 0 saturated carbocycles. The Bertz CT molecular complexity index is 604. The molecular formula is C17H21NO. The van der Waals surface area contributed by atoms with Crippen LogP contribution >= 0.6 is 0 Å². The first-order chi connectivity index (χ1) is 9.06. The van der Waals surface area contributed by atoms with Gasteiger partial charge in [-0.1, -0.05) is 6.07 Å². The fourth-order valence-corrected chi connectivity index (χ4v) is 3.32. The zero-order valence-electron chi connectivity index (χ0n) is 11.9. The van der Waals surface area contributed by atoms with Gasteiger partial charge < -0.3 is 9.67 Å². The van der Waals surface area contributed by atoms with Gasteiger partial charge in [0.1, 0.15) is 0 Å². The molecular weight excluding hydrogens is 234 g/mol. The summed E-state index contributed by atoms with van der Waals surface area (Å²) >= 11 is 0. The Kier molecular flexibility index (Phi) is 2.98. The summed E-state index contributed by atoms with van der Waals surface area (Å²) in [5.41, 5.74) is 7.44. The van der Waals surface area contributed by atoms with E-state index in [9.17, 15) is 5.11 Å². The van der Waals surface area contributed by atoms with Crippen molar-refractivity contribution in [3.63, 3.8) is 0 Å². The molecule has 100 valence electrons. The average molecular weight is 255 g/mol. The lowest BCUT2D eigenvalue weighted by Gasteiger charge is -2.21. The highest BCUT2D eigenvalue weighted by molar-refractivity contribution is 5.46. The Morgan fingerprint density at radius 2 is 1.74 bits per heavy atom. The Morgan fingerprint density at radius 3 is 2.42 bits per heavy atom. The number of aryl methyl sites for hydroxylation is 3. The molecule has 1 aliphatic rings. The number of fused-ring (bicyclic) bond motifs is 1. The summed E-state index contributed by atoms with van der Waals surface area (Å²) in [6.07, 6.45) is 2.74. The van der Waals surface area contributed by atoms with Crippen LogP contribution in [0.4, 0.5) is 0 Å². The van der Waals surface area contributed by atoms with Crippen molar-refractivity contribution >= 4 is 0 Å². The second-order valence-electron chi connectivity index (χ2n) is 5.78. The number of aliphatic hydroxyl groups is 1. The summed E-state index contributed by atoms with van der Waals surface area (Å²) in [5.74, 6) is 0. The normalized spacial score (nSPS) is 18.4. The van der Waals surface area contributed by atoms with Crippen LogP contribution in [0, 0.1) is 20.8 Å². The third-order valence-corrected chi connectivity index (χ3v) is 4.04. The molecule has 0 spiro atoms. The number of aromatic nitrogens is 1. The van der Waals surface area contributed by atoms with Crippen LogP contribution in [0.1, 0.15) is 47.0 Å². The smallest absolute Gasteiger partial charge is 0.0807 e. The molecule has 1 aliphatic carbocycles. The van der Waals surface area contributed by atoms with Gasteiger partial charge in [-0.3, -0.25) is 0 Å². The fraction of sp³-hybridized carbons (Fsp3) is 0.412. The summed E-state index contributed by atoms with van der Waals surface area (Å²) in [6.45, 7) is 6.40. The summed E-state index contributed by atoms with van der Waals surface area (Å²) in [5, 5.41) is 10.1. The van der Waals surface area contributed by atoms with Crippen molar-refractivity contribution in [1.82, 2.24) is 4.57 Å². The number of aliphatic hydroxyl groups excluding tert-OH is 1. The first kappa shape index (κ1) is 12.5. The molecule has 2 aromatic rings. The molecule has 1 aromatic carbocycles. The number of nitrogens with zero attached hydrogens (tertiary/aromatic N) is 1. The van der Waals surface area contributed by atoms with Gasteiger partial charge in [0.15, 0.2) is 0 Å². The summed E-state index contributed by atoms with van der Waals surface area (Å²) < 4.78 is 2.32. The van der Waals surface area contributed by atoms with Crippen LogP contribution in [0.5, 0.6) is 0 Å². The molecule has 1 aromatic heterocycles. The van der Waals surface area contributed by atoms with Gasteiger partial charge in [0.25, 0.3) is 0 Å². The first-order valence-corrected chi connectivity index (χ1v) is 7.04. The molecule has 0 saturated heterocycles. The number of hydrogen-bond donors (Lipinski definition) is 1. The first-order valence-electron chi connectivity index (χ1n) is 7.04. The van der Waals surface area contributed by atoms with Gasteiger partial charge in [-0.2, -0.15) is 0 Å². The Labute approximate surface area is 114 Å². The van der Waals surface area contributed by atoms with Crippen molar-refractivity contribution in [3.8, 4) is 5.69 Å². The standard InChI is InChI=1S/C17H21NO/c1-11-7-12(2)9-14(8-11)18-13(3)10-15-16(18)5-4-6-17(15)19/h7-10,17,19H,4-6H2,1-3H3. The minimum absolute atomic E-state index is 0.283. The summed E-state index contributed by atoms with van der Waals surface area (Å²) in [4.78, 5) is 0. The third-order valence-electron chi connectivity index (χ3n) is 4.04. The molecule has 0 fully saturated rings. The maximum Gasteiger partial charge on any atom is 0.0807 e. The van der Waals surface area contributed by atoms with Crippen LogP contribution in [-0.4, -0.2) is 9.67 Å². The van der Waals surface area contributed by atoms with E-state index >= 15 is 0 Å². The molecule has 0 bridgehead atoms. The Balaban J connectivity index is 2.20. The zero-order chi connectivity index (χ0) is 13.6. The lowest BCUT2D eigenvalue weighted by Crippen LogP contribution is -2.11. The van der Waals surface area contributed by atoms with Crippen LogP contribution in [0.15, 0.2) is 24.3 Å². The Hall–Kier alpha value is -1.54. The van der Waals surface area contributed by atoms with E-state index < -0.39 is 0 Å². The van der Waals surface area contributed by atoms with Crippen LogP contribution in [0.2, 0.25) is 0 Å². The Morgan fingerprint density at radius 1 is 1.05 bits per heavy atom. The van der Waals surface area contributed by atoms with Gasteiger partial charge in [0, 0.05) is 22.6 Å². The van der Waals surface area contributed by atoms with E-state index in [1.807, 2.05) is 0 Å². The fourth-order valence-electron chi connectivity index (χ4n) is 3.32. The van der Waals surface area contributed by atoms with Gasteiger partial charge in [0.2, 0.25) is 0 Å². The molecule has 1 atom stereocenters. The van der Waals surface area contributed by atoms with Gasteiger partial charge in [-0.25, -0.2) is 0 Å². The molecule has 3 rings (SSSR count). The van der Waals surface area contributed by atoms with E-state index in [1.165, 1.54) is 28.2 Å². The molecule has 1 unspecified atom stereocenters. The average Bonchev–Trinajstić information content (AvgIpc) is 2.65. The molecule has 2 heteroatoms. The molecule has 0 radical (unpaired) electrons. The molecule has 0 aliphatic heterocycles. The number of rotatable bonds is 1. The third kappa shape index (κ3) is 2.10. The SMILES string of the molecule is Cc1cc(C)cc(-n2c(C)cc3c2CCCC3O)c1. The van der Waals surface area contributed by atoms with E-state index in [0.29, 0.717) is 0 Å². The predicted molar refractivity (Wildman–Crippen MR) is 77.9 cm³/mol. The van der Waals surface area contributed by atoms with Crippen LogP contribution in [0.3, 0.4) is 0 Å². The lowest BCUT2D eigenvalue weighted by atomic mass is 9.95. The second kappa shape index (κ2) is 4.53. The molecule has 0 amide bonds. The van der Waals surface area contributed by atoms with Crippen molar-refractivity contribution in [1.29, 1.82) is 0 Å². The maximum absolute atomic E-state index is 10.1. The van der Waals surface area contributed by atoms with Gasteiger partial charge in [-0.15, -0.1) is 0 Å². The van der Waals surface area contributed by atoms with Crippen LogP contribution in [0.25, 0.3) is 5.69 Å². The van der Waals surface area contributed by atoms with Crippen molar-refractivity contribution < 1.29 is 5.11 Å². The van der Waals surface area contributed by atoms with E-state index in [1.54, 1.807) is 0 Å². The number of benzene rings is 1. The molecule has 1 heterocycles. The predicted octanol–water partition coefficient (Wildman–Crippen LogP) is 3.77. The highest BCUT2D eigenvalue weighted by atomic mass is 16.3. The summed E-state index contributed by atoms with van der Waals surface area (Å²) in [7, 11) is 0. The van der Waals surface area contributed by atoms with E-state index in [0.717, 1.165) is 24.8 Å². The van der Waals surface area contributed by atoms with Crippen molar-refractivity contribution in [3.05, 3.63) is 52.3 Å². The van der Waals surface area contributed by atoms with Gasteiger partial charge in [-0.05, 0) is 69.4 Å². The minimum Gasteiger partial charge on any atom is -0.388 e. The largest absolute Gasteiger partial charge is 0.388 e. The van der Waals surface area contributed by atoms with E-state index in [2.05, 4.69) is 49.6 Å². The minimum atomic E-state index is -0.283. The molecule has 19 heavy (non-hydrogen) atoms. The van der Waals surface area contributed by atoms with Crippen LogP contribution in [-0.2, 0) is 6.42 Å². The van der Waals surface area contributed by atoms with Crippen molar-refractivity contribution in [2.24, 2.45) is 0 Å². The highest BCUT2D eigenvalue weighted by Gasteiger charge is 2.23. The number of hydrogen-bond acceptors (Lipinski definition) is 1. The molecule has 2 nitrogen and oxygen atoms in total. The van der Waals surface area contributed by atoms with Crippen molar-refractivity contribution in [2.75, 3.05) is 0 Å². The maximum atomic E-state index is 10.1. The quantitative estimate of drug-likeness (QED) is 0.824. The highest BCUT2D eigenvalue weighted by Crippen LogP contribution is 2.34. The van der Waals surface area contributed by atoms with E-state index in [-0.39, 0.29) is 6.10 Å². The molecule has 1 N–H and O–H groups in total. The van der Waals surface area contributed by atoms with E-state index in [4.69, 9.17) is 0 Å². The lowest BCUT2D eigenvalue weighted by molar-refractivity contribution is 0.156. The zero-order valence-corrected chi connectivity index (χ0v) is 11.9. The van der Waals surface area contributed by atoms with Gasteiger partial charge >= 0.3 is 0 Å². The second-order valence-corrected chi connectivity index (χ2v) is 5.78.